The average Bonchev–Trinajstić information content (AvgIpc) is 3.53. The van der Waals surface area contributed by atoms with Gasteiger partial charge in [-0.2, -0.15) is 0 Å². The number of carboxylic acids is 1. The number of carbonyl (C=O) groups is 4. The zero-order chi connectivity index (χ0) is 35.2. The number of nitrogens with zero attached hydrogens (tertiary/aromatic N) is 3. The maximum absolute atomic E-state index is 14.0. The maximum Gasteiger partial charge on any atom is 0.323 e. The van der Waals surface area contributed by atoms with Gasteiger partial charge in [0.15, 0.2) is 0 Å². The lowest BCUT2D eigenvalue weighted by Gasteiger charge is -2.36. The second-order valence-corrected chi connectivity index (χ2v) is 12.6. The molecule has 50 heavy (non-hydrogen) atoms. The van der Waals surface area contributed by atoms with E-state index in [1.165, 1.54) is 7.11 Å². The number of fused-ring (bicyclic) bond motifs is 1. The summed E-state index contributed by atoms with van der Waals surface area (Å²) in [5.74, 6) is -0.263. The lowest BCUT2D eigenvalue weighted by Crippen LogP contribution is -2.55. The van der Waals surface area contributed by atoms with Crippen LogP contribution < -0.4 is 20.1 Å². The van der Waals surface area contributed by atoms with Gasteiger partial charge in [0.05, 0.1) is 32.3 Å². The van der Waals surface area contributed by atoms with Gasteiger partial charge in [0.2, 0.25) is 11.8 Å². The topological polar surface area (TPSA) is 141 Å². The van der Waals surface area contributed by atoms with E-state index < -0.39 is 24.1 Å². The van der Waals surface area contributed by atoms with Crippen LogP contribution in [0.25, 0.3) is 10.8 Å². The third-order valence-corrected chi connectivity index (χ3v) is 9.20. The first-order valence-corrected chi connectivity index (χ1v) is 16.6. The van der Waals surface area contributed by atoms with E-state index in [9.17, 15) is 24.3 Å². The van der Waals surface area contributed by atoms with Crippen LogP contribution in [0.5, 0.6) is 11.5 Å². The highest BCUT2D eigenvalue weighted by atomic mass is 16.5. The van der Waals surface area contributed by atoms with Crippen LogP contribution in [0.4, 0.5) is 16.2 Å². The lowest BCUT2D eigenvalue weighted by molar-refractivity contribution is -0.145. The summed E-state index contributed by atoms with van der Waals surface area (Å²) in [6, 6.07) is 25.3. The standard InChI is InChI=1S/C38H41N5O7/c1-25-7-3-6-10-31(25)39-38(48)40-32-14-11-26(19-34(32)49-2)20-35(44)43-23-30(50-29-13-12-27-8-4-5-9-28(27)21-29)22-33(43)37(47)42-17-15-41(16-18-42)24-36(45)46/h3-14,19,21,30,33H,15-18,20,22-24H2,1-2H3,(H,45,46)(H2,39,40,48)/t30-,33-/m0/s1. The Morgan fingerprint density at radius 1 is 0.840 bits per heavy atom. The number of aryl methyl sites for hydroxylation is 1. The molecule has 0 unspecified atom stereocenters. The fraction of sp³-hybridized carbons (Fsp3) is 0.316. The van der Waals surface area contributed by atoms with Crippen molar-refractivity contribution in [3.8, 4) is 11.5 Å². The molecule has 260 valence electrons. The molecule has 2 heterocycles. The minimum absolute atomic E-state index is 0.00487. The number of carbonyl (C=O) groups excluding carboxylic acids is 3. The van der Waals surface area contributed by atoms with Gasteiger partial charge in [0.25, 0.3) is 0 Å². The zero-order valence-corrected chi connectivity index (χ0v) is 28.1. The summed E-state index contributed by atoms with van der Waals surface area (Å²) < 4.78 is 11.9. The normalized spacial score (nSPS) is 17.7. The highest BCUT2D eigenvalue weighted by Crippen LogP contribution is 2.30. The molecule has 3 N–H and O–H groups in total. The Hall–Kier alpha value is -5.62. The van der Waals surface area contributed by atoms with E-state index in [4.69, 9.17) is 9.47 Å². The molecule has 2 atom stereocenters. The van der Waals surface area contributed by atoms with E-state index in [-0.39, 0.29) is 31.3 Å². The first kappa shape index (κ1) is 34.3. The first-order chi connectivity index (χ1) is 24.2. The number of benzene rings is 4. The molecule has 4 amide bonds. The predicted molar refractivity (Wildman–Crippen MR) is 190 cm³/mol. The van der Waals surface area contributed by atoms with Crippen LogP contribution in [0.15, 0.2) is 84.9 Å². The van der Waals surface area contributed by atoms with E-state index in [1.54, 1.807) is 32.9 Å². The Morgan fingerprint density at radius 3 is 2.30 bits per heavy atom. The van der Waals surface area contributed by atoms with Crippen LogP contribution in [0, 0.1) is 6.92 Å². The number of amides is 4. The van der Waals surface area contributed by atoms with Gasteiger partial charge in [0, 0.05) is 38.3 Å². The van der Waals surface area contributed by atoms with Crippen molar-refractivity contribution in [2.45, 2.75) is 31.9 Å². The second-order valence-electron chi connectivity index (χ2n) is 12.6. The molecule has 0 saturated carbocycles. The summed E-state index contributed by atoms with van der Waals surface area (Å²) in [7, 11) is 1.49. The number of likely N-dealkylation sites (tertiary alicyclic amines) is 1. The molecule has 0 spiro atoms. The molecule has 6 rings (SSSR count). The third-order valence-electron chi connectivity index (χ3n) is 9.20. The van der Waals surface area contributed by atoms with Crippen LogP contribution in [0.2, 0.25) is 0 Å². The van der Waals surface area contributed by atoms with E-state index >= 15 is 0 Å². The lowest BCUT2D eigenvalue weighted by atomic mass is 10.1. The summed E-state index contributed by atoms with van der Waals surface area (Å²) >= 11 is 0. The van der Waals surface area contributed by atoms with Crippen molar-refractivity contribution in [3.05, 3.63) is 96.1 Å². The molecule has 2 fully saturated rings. The minimum atomic E-state index is -0.906. The molecule has 2 aliphatic heterocycles. The number of hydrogen-bond acceptors (Lipinski definition) is 7. The highest BCUT2D eigenvalue weighted by molar-refractivity contribution is 6.01. The summed E-state index contributed by atoms with van der Waals surface area (Å²) in [4.78, 5) is 57.0. The molecule has 4 aromatic rings. The Kier molecular flexibility index (Phi) is 10.5. The van der Waals surface area contributed by atoms with Crippen molar-refractivity contribution in [2.75, 3.05) is 57.0 Å². The van der Waals surface area contributed by atoms with Gasteiger partial charge in [-0.25, -0.2) is 4.79 Å². The fourth-order valence-electron chi connectivity index (χ4n) is 6.57. The number of hydrogen-bond donors (Lipinski definition) is 3. The predicted octanol–water partition coefficient (Wildman–Crippen LogP) is 4.62. The third kappa shape index (κ3) is 8.15. The van der Waals surface area contributed by atoms with Crippen LogP contribution >= 0.6 is 0 Å². The average molecular weight is 680 g/mol. The Morgan fingerprint density at radius 2 is 1.56 bits per heavy atom. The van der Waals surface area contributed by atoms with Crippen molar-refractivity contribution in [3.63, 3.8) is 0 Å². The Balaban J connectivity index is 1.16. The van der Waals surface area contributed by atoms with Crippen LogP contribution in [0.3, 0.4) is 0 Å². The summed E-state index contributed by atoms with van der Waals surface area (Å²) in [6.45, 7) is 3.70. The van der Waals surface area contributed by atoms with Crippen molar-refractivity contribution in [1.82, 2.24) is 14.7 Å². The summed E-state index contributed by atoms with van der Waals surface area (Å²) in [6.07, 6.45) is -0.0740. The molecular formula is C38H41N5O7. The van der Waals surface area contributed by atoms with E-state index in [2.05, 4.69) is 10.6 Å². The van der Waals surface area contributed by atoms with Gasteiger partial charge in [-0.05, 0) is 59.2 Å². The Labute approximate surface area is 290 Å². The molecule has 0 aromatic heterocycles. The largest absolute Gasteiger partial charge is 0.495 e. The van der Waals surface area contributed by atoms with Crippen LogP contribution in [0.1, 0.15) is 17.5 Å². The smallest absolute Gasteiger partial charge is 0.323 e. The maximum atomic E-state index is 14.0. The van der Waals surface area contributed by atoms with Crippen LogP contribution in [-0.2, 0) is 20.8 Å². The quantitative estimate of drug-likeness (QED) is 0.221. The number of nitrogens with one attached hydrogen (secondary N) is 2. The number of para-hydroxylation sites is 1. The van der Waals surface area contributed by atoms with Gasteiger partial charge in [-0.1, -0.05) is 54.6 Å². The molecule has 12 heteroatoms. The molecule has 2 saturated heterocycles. The van der Waals surface area contributed by atoms with E-state index in [0.717, 1.165) is 16.3 Å². The van der Waals surface area contributed by atoms with Gasteiger partial charge in [-0.3, -0.25) is 19.3 Å². The molecule has 0 radical (unpaired) electrons. The van der Waals surface area contributed by atoms with Crippen LogP contribution in [-0.4, -0.2) is 102 Å². The molecule has 4 aromatic carbocycles. The minimum Gasteiger partial charge on any atom is -0.495 e. The summed E-state index contributed by atoms with van der Waals surface area (Å²) in [5, 5.41) is 16.9. The van der Waals surface area contributed by atoms with Gasteiger partial charge >= 0.3 is 12.0 Å². The monoisotopic (exact) mass is 679 g/mol. The molecular weight excluding hydrogens is 638 g/mol. The number of anilines is 2. The Bertz CT molecular complexity index is 1890. The summed E-state index contributed by atoms with van der Waals surface area (Å²) in [5.41, 5.74) is 2.71. The number of methoxy groups -OCH3 is 1. The number of aliphatic carboxylic acids is 1. The number of rotatable bonds is 10. The molecule has 12 nitrogen and oxygen atoms in total. The highest BCUT2D eigenvalue weighted by Gasteiger charge is 2.43. The number of urea groups is 1. The van der Waals surface area contributed by atoms with Crippen molar-refractivity contribution < 1.29 is 33.8 Å². The number of ether oxygens (including phenoxy) is 2. The molecule has 2 aliphatic rings. The zero-order valence-electron chi connectivity index (χ0n) is 28.1. The first-order valence-electron chi connectivity index (χ1n) is 16.6. The van der Waals surface area contributed by atoms with Crippen molar-refractivity contribution in [2.24, 2.45) is 0 Å². The molecule has 0 aliphatic carbocycles. The fourth-order valence-corrected chi connectivity index (χ4v) is 6.57. The SMILES string of the molecule is COc1cc(CC(=O)N2C[C@@H](Oc3ccc4ccccc4c3)C[C@H]2C(=O)N2CCN(CC(=O)O)CC2)ccc1NC(=O)Nc1ccccc1C. The van der Waals surface area contributed by atoms with Gasteiger partial charge in [0.1, 0.15) is 23.6 Å². The van der Waals surface area contributed by atoms with Crippen molar-refractivity contribution in [1.29, 1.82) is 0 Å². The van der Waals surface area contributed by atoms with Gasteiger partial charge < -0.3 is 35.0 Å². The number of carboxylic acid groups (broad SMARTS) is 1. The van der Waals surface area contributed by atoms with E-state index in [0.29, 0.717) is 61.0 Å². The van der Waals surface area contributed by atoms with Crippen molar-refractivity contribution >= 4 is 46.0 Å². The van der Waals surface area contributed by atoms with Gasteiger partial charge in [-0.15, -0.1) is 0 Å². The molecule has 0 bridgehead atoms. The van der Waals surface area contributed by atoms with E-state index in [1.807, 2.05) is 73.7 Å². The number of piperazine rings is 1. The second kappa shape index (κ2) is 15.3.